The van der Waals surface area contributed by atoms with Crippen molar-refractivity contribution in [3.05, 3.63) is 111 Å². The molecule has 3 N–H and O–H groups in total. The molecule has 0 unspecified atom stereocenters. The van der Waals surface area contributed by atoms with Crippen molar-refractivity contribution in [3.8, 4) is 5.88 Å². The zero-order valence-electron chi connectivity index (χ0n) is 39.4. The van der Waals surface area contributed by atoms with Crippen molar-refractivity contribution in [2.45, 2.75) is 81.8 Å². The number of H-pyrrole nitrogens is 1. The molecule has 5 heterocycles. The maximum Gasteiger partial charge on any atom is 0.293 e. The number of ether oxygens (including phenoxy) is 2. The van der Waals surface area contributed by atoms with Crippen molar-refractivity contribution in [3.63, 3.8) is 0 Å². The lowest BCUT2D eigenvalue weighted by Crippen LogP contribution is -2.52. The molecule has 5 aromatic rings. The van der Waals surface area contributed by atoms with Gasteiger partial charge in [-0.25, -0.2) is 13.1 Å². The van der Waals surface area contributed by atoms with Crippen molar-refractivity contribution >= 4 is 72.6 Å². The number of likely N-dealkylation sites (N-methyl/N-ethyl adjacent to an activating group) is 1. The van der Waals surface area contributed by atoms with Gasteiger partial charge in [-0.2, -0.15) is 4.98 Å². The molecular formula is C51H60ClN9O7S. The fourth-order valence-corrected chi connectivity index (χ4v) is 11.8. The van der Waals surface area contributed by atoms with Gasteiger partial charge >= 0.3 is 0 Å². The second-order valence-electron chi connectivity index (χ2n) is 20.0. The number of anilines is 4. The van der Waals surface area contributed by atoms with E-state index in [1.165, 1.54) is 28.8 Å². The summed E-state index contributed by atoms with van der Waals surface area (Å²) in [5.74, 6) is -0.483. The number of aromatic nitrogens is 2. The number of aromatic amines is 1. The van der Waals surface area contributed by atoms with Gasteiger partial charge in [0.05, 0.1) is 46.9 Å². The number of rotatable bonds is 13. The molecule has 3 aromatic carbocycles. The fraction of sp³-hybridized carbons (Fsp3) is 0.451. The molecule has 10 rings (SSSR count). The lowest BCUT2D eigenvalue weighted by Gasteiger charge is -2.42. The van der Waals surface area contributed by atoms with Crippen LogP contribution < -0.4 is 24.6 Å². The van der Waals surface area contributed by atoms with Gasteiger partial charge in [0.1, 0.15) is 23.6 Å². The molecule has 0 bridgehead atoms. The standard InChI is InChI=1S/C51H60ClN9O7S/c1-51(2)18-16-35(43(29-51)33-4-6-36(52)7-5-33)30-58-20-22-59(23-21-58)39-12-14-42(45(27-39)60-24-25-68-50-47(60)26-34-17-19-53-48(34)55-50)49(62)56-69(65,66)41-13-15-44(46(28-41)61(63)64)54-37-8-10-38(11-9-37)57(3)40-31-67-32-40/h4-7,12-15,17,19,26-28,37-38,40,54H,8-11,16,18,20-25,29-32H2,1-3H3,(H,53,55)(H,56,62). The van der Waals surface area contributed by atoms with Gasteiger partial charge in [0, 0.05) is 73.2 Å². The topological polar surface area (TPSA) is 179 Å². The highest BCUT2D eigenvalue weighted by atomic mass is 35.5. The molecule has 0 spiro atoms. The summed E-state index contributed by atoms with van der Waals surface area (Å²) in [4.78, 5) is 42.9. The molecule has 2 saturated heterocycles. The first kappa shape index (κ1) is 47.0. The van der Waals surface area contributed by atoms with Gasteiger partial charge in [-0.3, -0.25) is 24.7 Å². The third-order valence-corrected chi connectivity index (χ3v) is 16.5. The molecule has 1 amide bonds. The molecule has 0 radical (unpaired) electrons. The SMILES string of the molecule is CN(C1CCC(Nc2ccc(S(=O)(=O)NC(=O)c3ccc(N4CCN(CC5=C(c6ccc(Cl)cc6)CC(C)(C)CC5)CC4)cc3N3CCOc4nc5[nH]ccc5cc43)cc2[N+](=O)[O-])CC1)C1COC1. The van der Waals surface area contributed by atoms with E-state index < -0.39 is 20.9 Å². The highest BCUT2D eigenvalue weighted by molar-refractivity contribution is 7.90. The van der Waals surface area contributed by atoms with E-state index in [4.69, 9.17) is 26.1 Å². The van der Waals surface area contributed by atoms with Crippen LogP contribution in [0.25, 0.3) is 16.6 Å². The Labute approximate surface area is 408 Å². The second-order valence-corrected chi connectivity index (χ2v) is 22.1. The molecule has 16 nitrogen and oxygen atoms in total. The highest BCUT2D eigenvalue weighted by Crippen LogP contribution is 2.44. The first-order valence-corrected chi connectivity index (χ1v) is 25.9. The number of nitrogens with one attached hydrogen (secondary N) is 3. The summed E-state index contributed by atoms with van der Waals surface area (Å²) in [6, 6.07) is 22.1. The van der Waals surface area contributed by atoms with E-state index in [-0.39, 0.29) is 39.9 Å². The molecule has 0 atom stereocenters. The van der Waals surface area contributed by atoms with Crippen molar-refractivity contribution < 1.29 is 27.6 Å². The van der Waals surface area contributed by atoms with Crippen LogP contribution in [0.15, 0.2) is 89.5 Å². The number of hydrogen-bond donors (Lipinski definition) is 3. The Kier molecular flexibility index (Phi) is 13.1. The van der Waals surface area contributed by atoms with E-state index in [1.807, 2.05) is 41.3 Å². The summed E-state index contributed by atoms with van der Waals surface area (Å²) in [6.07, 6.45) is 8.51. The molecule has 364 valence electrons. The predicted octanol–water partition coefficient (Wildman–Crippen LogP) is 8.61. The Morgan fingerprint density at radius 2 is 1.72 bits per heavy atom. The van der Waals surface area contributed by atoms with Crippen LogP contribution in [0, 0.1) is 15.5 Å². The Morgan fingerprint density at radius 3 is 2.45 bits per heavy atom. The van der Waals surface area contributed by atoms with Gasteiger partial charge in [-0.1, -0.05) is 43.2 Å². The summed E-state index contributed by atoms with van der Waals surface area (Å²) in [7, 11) is -2.45. The van der Waals surface area contributed by atoms with Crippen LogP contribution >= 0.6 is 11.6 Å². The van der Waals surface area contributed by atoms with E-state index in [0.717, 1.165) is 113 Å². The van der Waals surface area contributed by atoms with Gasteiger partial charge in [-0.05, 0) is 123 Å². The smallest absolute Gasteiger partial charge is 0.293 e. The minimum atomic E-state index is -4.58. The van der Waals surface area contributed by atoms with Gasteiger partial charge in [-0.15, -0.1) is 0 Å². The third-order valence-electron chi connectivity index (χ3n) is 14.9. The maximum atomic E-state index is 14.4. The van der Waals surface area contributed by atoms with Gasteiger partial charge < -0.3 is 29.6 Å². The number of amides is 1. The quantitative estimate of drug-likeness (QED) is 0.0755. The number of benzene rings is 3. The summed E-state index contributed by atoms with van der Waals surface area (Å²) < 4.78 is 41.8. The summed E-state index contributed by atoms with van der Waals surface area (Å²) in [5.41, 5.74) is 7.00. The Hall–Kier alpha value is -5.72. The molecule has 5 aliphatic rings. The maximum absolute atomic E-state index is 14.4. The monoisotopic (exact) mass is 977 g/mol. The van der Waals surface area contributed by atoms with Gasteiger partial charge in [0.25, 0.3) is 21.6 Å². The number of piperazine rings is 1. The normalized spacial score (nSPS) is 21.2. The lowest BCUT2D eigenvalue weighted by molar-refractivity contribution is -0.384. The van der Waals surface area contributed by atoms with Crippen molar-refractivity contribution in [1.29, 1.82) is 0 Å². The van der Waals surface area contributed by atoms with Crippen molar-refractivity contribution in [2.75, 3.05) is 81.3 Å². The highest BCUT2D eigenvalue weighted by Gasteiger charge is 2.34. The van der Waals surface area contributed by atoms with E-state index in [1.54, 1.807) is 12.3 Å². The minimum absolute atomic E-state index is 0.00622. The summed E-state index contributed by atoms with van der Waals surface area (Å²) >= 11 is 6.28. The third kappa shape index (κ3) is 10.0. The van der Waals surface area contributed by atoms with Crippen LogP contribution in [-0.4, -0.2) is 123 Å². The number of halogens is 1. The Bertz CT molecular complexity index is 2890. The molecule has 2 aliphatic carbocycles. The molecule has 18 heteroatoms. The van der Waals surface area contributed by atoms with E-state index >= 15 is 0 Å². The van der Waals surface area contributed by atoms with Crippen LogP contribution in [0.4, 0.5) is 28.4 Å². The first-order chi connectivity index (χ1) is 33.2. The lowest BCUT2D eigenvalue weighted by atomic mass is 9.72. The molecule has 3 aliphatic heterocycles. The van der Waals surface area contributed by atoms with Gasteiger partial charge in [0.15, 0.2) is 0 Å². The van der Waals surface area contributed by atoms with Crippen molar-refractivity contribution in [1.82, 2.24) is 24.5 Å². The molecule has 2 aromatic heterocycles. The Balaban J connectivity index is 0.883. The zero-order chi connectivity index (χ0) is 48.0. The van der Waals surface area contributed by atoms with E-state index in [2.05, 4.69) is 62.8 Å². The number of hydrogen-bond acceptors (Lipinski definition) is 13. The molecule has 3 fully saturated rings. The first-order valence-electron chi connectivity index (χ1n) is 24.1. The zero-order valence-corrected chi connectivity index (χ0v) is 41.0. The van der Waals surface area contributed by atoms with E-state index in [9.17, 15) is 23.3 Å². The largest absolute Gasteiger partial charge is 0.474 e. The number of sulfonamides is 1. The van der Waals surface area contributed by atoms with Crippen LogP contribution in [-0.2, 0) is 14.8 Å². The number of carbonyl (C=O) groups excluding carboxylic acids is 1. The number of nitro groups is 1. The van der Waals surface area contributed by atoms with Crippen LogP contribution in [0.5, 0.6) is 5.88 Å². The minimum Gasteiger partial charge on any atom is -0.474 e. The molecular weight excluding hydrogens is 918 g/mol. The molecule has 69 heavy (non-hydrogen) atoms. The van der Waals surface area contributed by atoms with E-state index in [0.29, 0.717) is 41.5 Å². The van der Waals surface area contributed by atoms with Crippen LogP contribution in [0.3, 0.4) is 0 Å². The number of allylic oxidation sites excluding steroid dienone is 1. The summed E-state index contributed by atoms with van der Waals surface area (Å²) in [5, 5.41) is 17.3. The average Bonchev–Trinajstić information content (AvgIpc) is 3.78. The van der Waals surface area contributed by atoms with Gasteiger partial charge in [0.2, 0.25) is 5.88 Å². The average molecular weight is 979 g/mol. The Morgan fingerprint density at radius 1 is 0.957 bits per heavy atom. The number of carbonyl (C=O) groups is 1. The van der Waals surface area contributed by atoms with Crippen LogP contribution in [0.2, 0.25) is 5.02 Å². The number of pyridine rings is 1. The number of fused-ring (bicyclic) bond motifs is 2. The molecule has 1 saturated carbocycles. The summed E-state index contributed by atoms with van der Waals surface area (Å²) in [6.45, 7) is 10.9. The van der Waals surface area contributed by atoms with Crippen molar-refractivity contribution in [2.24, 2.45) is 5.41 Å². The number of nitrogens with zero attached hydrogens (tertiary/aromatic N) is 6. The predicted molar refractivity (Wildman–Crippen MR) is 269 cm³/mol. The second kappa shape index (κ2) is 19.2. The number of nitro benzene ring substituents is 1. The van der Waals surface area contributed by atoms with Crippen LogP contribution in [0.1, 0.15) is 74.7 Å². The fourth-order valence-electron chi connectivity index (χ4n) is 10.7.